The van der Waals surface area contributed by atoms with Gasteiger partial charge in [-0.05, 0) is 91.7 Å². The molecule has 1 aliphatic rings. The van der Waals surface area contributed by atoms with Crippen molar-refractivity contribution in [1.29, 1.82) is 0 Å². The molecule has 5 heteroatoms. The lowest BCUT2D eigenvalue weighted by molar-refractivity contribution is 0.312. The first kappa shape index (κ1) is 25.3. The summed E-state index contributed by atoms with van der Waals surface area (Å²) in [5, 5.41) is 0. The number of aryl methyl sites for hydroxylation is 2. The van der Waals surface area contributed by atoms with E-state index in [1.54, 1.807) is 43.3 Å². The van der Waals surface area contributed by atoms with E-state index in [1.165, 1.54) is 12.1 Å². The molecule has 0 heterocycles. The highest BCUT2D eigenvalue weighted by atomic mass is 19.2. The molecule has 3 aromatic carbocycles. The zero-order valence-electron chi connectivity index (χ0n) is 20.4. The second-order valence-corrected chi connectivity index (χ2v) is 9.44. The van der Waals surface area contributed by atoms with Crippen molar-refractivity contribution in [2.45, 2.75) is 64.7 Å². The molecule has 0 spiro atoms. The van der Waals surface area contributed by atoms with Crippen LogP contribution >= 0.6 is 0 Å². The summed E-state index contributed by atoms with van der Waals surface area (Å²) in [6, 6.07) is 13.4. The van der Waals surface area contributed by atoms with Crippen molar-refractivity contribution in [2.75, 3.05) is 6.61 Å². The smallest absolute Gasteiger partial charge is 0.201 e. The van der Waals surface area contributed by atoms with Gasteiger partial charge in [0.15, 0.2) is 23.2 Å². The Bertz CT molecular complexity index is 1150. The third-order valence-corrected chi connectivity index (χ3v) is 7.35. The van der Waals surface area contributed by atoms with E-state index in [-0.39, 0.29) is 23.8 Å². The van der Waals surface area contributed by atoms with Crippen LogP contribution in [0, 0.1) is 29.2 Å². The molecular formula is C30H32F4O. The molecule has 3 aromatic rings. The fraction of sp³-hybridized carbons (Fsp3) is 0.400. The Labute approximate surface area is 205 Å². The maximum atomic E-state index is 14.9. The largest absolute Gasteiger partial charge is 0.491 e. The Morgan fingerprint density at radius 1 is 0.714 bits per heavy atom. The molecule has 4 rings (SSSR count). The fourth-order valence-electron chi connectivity index (χ4n) is 5.15. The maximum absolute atomic E-state index is 14.9. The molecule has 1 saturated carbocycles. The zero-order valence-corrected chi connectivity index (χ0v) is 20.4. The van der Waals surface area contributed by atoms with E-state index in [2.05, 4.69) is 6.92 Å². The number of hydrogen-bond acceptors (Lipinski definition) is 1. The van der Waals surface area contributed by atoms with Gasteiger partial charge in [0.2, 0.25) is 5.82 Å². The predicted octanol–water partition coefficient (Wildman–Crippen LogP) is 8.78. The molecule has 0 radical (unpaired) electrons. The first-order chi connectivity index (χ1) is 16.9. The summed E-state index contributed by atoms with van der Waals surface area (Å²) in [6.07, 6.45) is 6.00. The van der Waals surface area contributed by atoms with Crippen LogP contribution in [0.5, 0.6) is 5.75 Å². The zero-order chi connectivity index (χ0) is 24.9. The van der Waals surface area contributed by atoms with Gasteiger partial charge in [-0.25, -0.2) is 13.2 Å². The van der Waals surface area contributed by atoms with Crippen LogP contribution < -0.4 is 4.74 Å². The minimum Gasteiger partial charge on any atom is -0.491 e. The molecule has 0 atom stereocenters. The third kappa shape index (κ3) is 5.55. The third-order valence-electron chi connectivity index (χ3n) is 7.35. The Morgan fingerprint density at radius 2 is 1.43 bits per heavy atom. The summed E-state index contributed by atoms with van der Waals surface area (Å²) >= 11 is 0. The lowest BCUT2D eigenvalue weighted by atomic mass is 9.77. The van der Waals surface area contributed by atoms with Gasteiger partial charge in [0.1, 0.15) is 0 Å². The number of halogens is 4. The molecule has 1 nitrogen and oxygen atoms in total. The molecule has 0 aliphatic heterocycles. The number of rotatable bonds is 8. The molecular weight excluding hydrogens is 452 g/mol. The summed E-state index contributed by atoms with van der Waals surface area (Å²) < 4.78 is 63.5. The lowest BCUT2D eigenvalue weighted by Gasteiger charge is -2.28. The summed E-state index contributed by atoms with van der Waals surface area (Å²) in [6.45, 7) is 4.14. The molecule has 0 unspecified atom stereocenters. The molecule has 0 amide bonds. The van der Waals surface area contributed by atoms with Crippen molar-refractivity contribution in [3.05, 3.63) is 88.5 Å². The van der Waals surface area contributed by atoms with Crippen molar-refractivity contribution >= 4 is 0 Å². The van der Waals surface area contributed by atoms with Crippen molar-refractivity contribution in [2.24, 2.45) is 5.92 Å². The Morgan fingerprint density at radius 3 is 2.09 bits per heavy atom. The maximum Gasteiger partial charge on any atom is 0.201 e. The van der Waals surface area contributed by atoms with Crippen LogP contribution in [-0.2, 0) is 12.8 Å². The first-order valence-electron chi connectivity index (χ1n) is 12.6. The average Bonchev–Trinajstić information content (AvgIpc) is 2.88. The fourth-order valence-corrected chi connectivity index (χ4v) is 5.15. The van der Waals surface area contributed by atoms with Gasteiger partial charge in [0, 0.05) is 5.56 Å². The van der Waals surface area contributed by atoms with Gasteiger partial charge in [0.05, 0.1) is 6.61 Å². The van der Waals surface area contributed by atoms with Crippen LogP contribution in [0.4, 0.5) is 17.6 Å². The average molecular weight is 485 g/mol. The van der Waals surface area contributed by atoms with Crippen LogP contribution in [0.25, 0.3) is 11.1 Å². The van der Waals surface area contributed by atoms with E-state index < -0.39 is 23.3 Å². The molecule has 186 valence electrons. The van der Waals surface area contributed by atoms with E-state index >= 15 is 0 Å². The highest BCUT2D eigenvalue weighted by molar-refractivity contribution is 5.65. The summed E-state index contributed by atoms with van der Waals surface area (Å²) in [4.78, 5) is 0. The van der Waals surface area contributed by atoms with Crippen LogP contribution in [0.3, 0.4) is 0 Å². The second kappa shape index (κ2) is 11.3. The van der Waals surface area contributed by atoms with Gasteiger partial charge in [0.25, 0.3) is 0 Å². The normalized spacial score (nSPS) is 18.0. The van der Waals surface area contributed by atoms with Crippen LogP contribution in [0.1, 0.15) is 68.6 Å². The minimum absolute atomic E-state index is 0.0988. The van der Waals surface area contributed by atoms with Gasteiger partial charge in [-0.3, -0.25) is 0 Å². The summed E-state index contributed by atoms with van der Waals surface area (Å²) in [5.74, 6) is -2.72. The van der Waals surface area contributed by atoms with Gasteiger partial charge in [-0.1, -0.05) is 49.7 Å². The minimum atomic E-state index is -1.01. The van der Waals surface area contributed by atoms with Gasteiger partial charge >= 0.3 is 0 Å². The van der Waals surface area contributed by atoms with Gasteiger partial charge < -0.3 is 4.74 Å². The highest BCUT2D eigenvalue weighted by Gasteiger charge is 2.25. The molecule has 1 aliphatic carbocycles. The van der Waals surface area contributed by atoms with E-state index in [4.69, 9.17) is 4.74 Å². The van der Waals surface area contributed by atoms with E-state index in [0.29, 0.717) is 35.4 Å². The Kier molecular flexibility index (Phi) is 8.15. The summed E-state index contributed by atoms with van der Waals surface area (Å²) in [7, 11) is 0. The topological polar surface area (TPSA) is 9.23 Å². The molecule has 1 fully saturated rings. The molecule has 0 bridgehead atoms. The van der Waals surface area contributed by atoms with Gasteiger partial charge in [-0.2, -0.15) is 4.39 Å². The Hall–Kier alpha value is -2.82. The van der Waals surface area contributed by atoms with Crippen molar-refractivity contribution in [3.8, 4) is 16.9 Å². The van der Waals surface area contributed by atoms with E-state index in [0.717, 1.165) is 37.7 Å². The van der Waals surface area contributed by atoms with Crippen LogP contribution in [0.15, 0.2) is 48.5 Å². The molecule has 0 saturated heterocycles. The molecule has 35 heavy (non-hydrogen) atoms. The molecule has 0 N–H and O–H groups in total. The van der Waals surface area contributed by atoms with Crippen molar-refractivity contribution < 1.29 is 22.3 Å². The predicted molar refractivity (Wildman–Crippen MR) is 132 cm³/mol. The van der Waals surface area contributed by atoms with Crippen LogP contribution in [-0.4, -0.2) is 6.61 Å². The van der Waals surface area contributed by atoms with Crippen LogP contribution in [0.2, 0.25) is 0 Å². The quantitative estimate of drug-likeness (QED) is 0.290. The number of hydrogen-bond donors (Lipinski definition) is 0. The van der Waals surface area contributed by atoms with Crippen molar-refractivity contribution in [3.63, 3.8) is 0 Å². The number of benzene rings is 3. The number of ether oxygens (including phenoxy) is 1. The monoisotopic (exact) mass is 484 g/mol. The molecule has 0 aromatic heterocycles. The standard InChI is InChI=1S/C30H32F4O/c1-3-19-5-10-21(11-6-19)24-16-15-23(27(31)28(24)32)14-9-20-7-12-22(13-8-20)25-17-18-26(35-4-2)30(34)29(25)33/h7-8,12-13,15-19,21H,3-6,9-11,14H2,1-2H3. The van der Waals surface area contributed by atoms with E-state index in [1.807, 2.05) is 0 Å². The van der Waals surface area contributed by atoms with E-state index in [9.17, 15) is 17.6 Å². The lowest BCUT2D eigenvalue weighted by Crippen LogP contribution is -2.14. The Balaban J connectivity index is 1.42. The summed E-state index contributed by atoms with van der Waals surface area (Å²) in [5.41, 5.74) is 2.45. The highest BCUT2D eigenvalue weighted by Crippen LogP contribution is 2.38. The van der Waals surface area contributed by atoms with Gasteiger partial charge in [-0.15, -0.1) is 0 Å². The second-order valence-electron chi connectivity index (χ2n) is 9.44. The first-order valence-corrected chi connectivity index (χ1v) is 12.6. The van der Waals surface area contributed by atoms with Crippen molar-refractivity contribution in [1.82, 2.24) is 0 Å². The SMILES string of the molecule is CCOc1ccc(-c2ccc(CCc3ccc(C4CCC(CC)CC4)c(F)c3F)cc2)c(F)c1F.